The first-order valence-electron chi connectivity index (χ1n) is 18.4. The maximum absolute atomic E-state index is 13.9. The van der Waals surface area contributed by atoms with Gasteiger partial charge in [-0.2, -0.15) is 43.2 Å². The Morgan fingerprint density at radius 3 is 1.29 bits per heavy atom. The number of aryl methyl sites for hydroxylation is 2. The molecule has 0 radical (unpaired) electrons. The molecule has 19 heteroatoms. The lowest BCUT2D eigenvalue weighted by Crippen LogP contribution is -2.26. The van der Waals surface area contributed by atoms with Crippen LogP contribution in [0.4, 0.5) is 26.3 Å². The van der Waals surface area contributed by atoms with Gasteiger partial charge in [0.1, 0.15) is 9.79 Å². The molecule has 2 atom stereocenters. The van der Waals surface area contributed by atoms with Crippen molar-refractivity contribution in [3.63, 3.8) is 0 Å². The zero-order valence-corrected chi connectivity index (χ0v) is 38.6. The van der Waals surface area contributed by atoms with E-state index in [4.69, 9.17) is 8.37 Å². The highest BCUT2D eigenvalue weighted by Crippen LogP contribution is 2.42. The van der Waals surface area contributed by atoms with Crippen LogP contribution in [-0.2, 0) is 28.6 Å². The Kier molecular flexibility index (Phi) is 16.9. The van der Waals surface area contributed by atoms with E-state index in [1.165, 1.54) is 93.0 Å². The predicted octanol–water partition coefficient (Wildman–Crippen LogP) is 13.0. The first-order valence-corrected chi connectivity index (χ1v) is 26.1. The first-order chi connectivity index (χ1) is 29.1. The maximum Gasteiger partial charge on any atom is 0.420 e. The minimum absolute atomic E-state index is 0.273. The minimum Gasteiger partial charge on any atom is -0.309 e. The van der Waals surface area contributed by atoms with E-state index in [0.29, 0.717) is 21.5 Å². The fraction of sp³-hybridized carbons (Fsp3) is 0.256. The highest BCUT2D eigenvalue weighted by Gasteiger charge is 2.46. The molecule has 0 aliphatic carbocycles. The number of halogens is 6. The van der Waals surface area contributed by atoms with Crippen LogP contribution in [0.25, 0.3) is 21.5 Å². The summed E-state index contributed by atoms with van der Waals surface area (Å²) in [5.74, 6) is 0.858. The van der Waals surface area contributed by atoms with Crippen LogP contribution >= 0.6 is 43.2 Å². The molecule has 0 amide bonds. The summed E-state index contributed by atoms with van der Waals surface area (Å²) < 4.78 is 144. The maximum atomic E-state index is 13.9. The van der Waals surface area contributed by atoms with E-state index in [0.717, 1.165) is 33.2 Å². The van der Waals surface area contributed by atoms with Gasteiger partial charge >= 0.3 is 12.4 Å². The minimum atomic E-state index is -4.91. The molecule has 6 aromatic rings. The molecular formula is C43H41F6NO6S6. The number of alkyl halides is 6. The lowest BCUT2D eigenvalue weighted by Gasteiger charge is -2.21. The average Bonchev–Trinajstić information content (AvgIpc) is 3.21. The number of benzene rings is 6. The molecule has 7 nitrogen and oxygen atoms in total. The highest BCUT2D eigenvalue weighted by atomic mass is 33.1. The van der Waals surface area contributed by atoms with Crippen molar-refractivity contribution in [2.75, 3.05) is 32.6 Å². The summed E-state index contributed by atoms with van der Waals surface area (Å²) in [5.41, 5.74) is 1.08. The number of hydrogen-bond donors (Lipinski definition) is 0. The van der Waals surface area contributed by atoms with Crippen molar-refractivity contribution in [3.8, 4) is 0 Å². The van der Waals surface area contributed by atoms with Crippen LogP contribution in [-0.4, -0.2) is 66.7 Å². The number of rotatable bonds is 15. The average molecular weight is 974 g/mol. The van der Waals surface area contributed by atoms with Gasteiger partial charge in [0.15, 0.2) is 12.2 Å². The van der Waals surface area contributed by atoms with Crippen LogP contribution < -0.4 is 0 Å². The van der Waals surface area contributed by atoms with Crippen molar-refractivity contribution < 1.29 is 51.5 Å². The van der Waals surface area contributed by atoms with Crippen molar-refractivity contribution in [2.24, 2.45) is 0 Å². The van der Waals surface area contributed by atoms with Crippen LogP contribution in [0.15, 0.2) is 141 Å². The van der Waals surface area contributed by atoms with Gasteiger partial charge < -0.3 is 4.90 Å². The van der Waals surface area contributed by atoms with E-state index in [2.05, 4.69) is 0 Å². The second kappa shape index (κ2) is 21.1. The van der Waals surface area contributed by atoms with Crippen molar-refractivity contribution in [1.29, 1.82) is 0 Å². The van der Waals surface area contributed by atoms with E-state index in [1.807, 2.05) is 25.3 Å². The van der Waals surface area contributed by atoms with Crippen molar-refractivity contribution in [2.45, 2.75) is 58.0 Å². The van der Waals surface area contributed by atoms with E-state index in [1.54, 1.807) is 85.3 Å². The van der Waals surface area contributed by atoms with Gasteiger partial charge in [-0.3, -0.25) is 0 Å². The topological polar surface area (TPSA) is 90.0 Å². The Morgan fingerprint density at radius 1 is 0.548 bits per heavy atom. The molecule has 62 heavy (non-hydrogen) atoms. The summed E-state index contributed by atoms with van der Waals surface area (Å²) in [7, 11) is 0.424. The van der Waals surface area contributed by atoms with Gasteiger partial charge in [-0.15, -0.1) is 0 Å². The normalized spacial score (nSPS) is 13.5. The van der Waals surface area contributed by atoms with Gasteiger partial charge in [0.25, 0.3) is 20.2 Å². The third-order valence-corrected chi connectivity index (χ3v) is 15.9. The quantitative estimate of drug-likeness (QED) is 0.0426. The second-order valence-electron chi connectivity index (χ2n) is 13.9. The largest absolute Gasteiger partial charge is 0.420 e. The van der Waals surface area contributed by atoms with E-state index < -0.39 is 44.8 Å². The molecule has 0 spiro atoms. The molecule has 0 heterocycles. The van der Waals surface area contributed by atoms with Crippen LogP contribution in [0.1, 0.15) is 34.5 Å². The Hall–Kier alpha value is -3.40. The van der Waals surface area contributed by atoms with Crippen molar-refractivity contribution >= 4 is 85.0 Å². The molecule has 0 aromatic heterocycles. The molecular weight excluding hydrogens is 933 g/mol. The molecule has 0 fully saturated rings. The van der Waals surface area contributed by atoms with E-state index in [-0.39, 0.29) is 20.9 Å². The Balaban J connectivity index is 0.000000236. The Morgan fingerprint density at radius 2 is 0.919 bits per heavy atom. The zero-order chi connectivity index (χ0) is 45.5. The fourth-order valence-electron chi connectivity index (χ4n) is 6.09. The summed E-state index contributed by atoms with van der Waals surface area (Å²) in [5, 5.41) is 1.91. The standard InChI is InChI=1S/C23H24F3NO3S3.C20H17F3O3S3/c1-16-6-4-8-20-19(16)7-5-9-21(20)33(28,29)30-22(23(24,25)26)17-10-12-18(13-11-17)32-31-15-14-27(2)3;1-13-5-3-7-17-16(13)6-4-8-18(17)29(24,25)26-19(20(21,22)23)14-9-11-15(12-10-14)28-27-2/h4-13,22H,14-15H2,1-3H3;3-12,19H,1-2H3. The third-order valence-electron chi connectivity index (χ3n) is 9.10. The van der Waals surface area contributed by atoms with Gasteiger partial charge in [-0.05, 0) is 104 Å². The van der Waals surface area contributed by atoms with Crippen LogP contribution in [0.3, 0.4) is 0 Å². The van der Waals surface area contributed by atoms with Gasteiger partial charge in [-0.1, -0.05) is 128 Å². The number of hydrogen-bond acceptors (Lipinski definition) is 11. The monoisotopic (exact) mass is 973 g/mol. The van der Waals surface area contributed by atoms with Crippen LogP contribution in [0.2, 0.25) is 0 Å². The summed E-state index contributed by atoms with van der Waals surface area (Å²) in [6.45, 7) is 4.48. The first kappa shape index (κ1) is 49.6. The zero-order valence-electron chi connectivity index (χ0n) is 33.7. The second-order valence-corrected chi connectivity index (χ2v) is 21.9. The lowest BCUT2D eigenvalue weighted by atomic mass is 10.1. The molecule has 0 N–H and O–H groups in total. The Bertz CT molecular complexity index is 2680. The van der Waals surface area contributed by atoms with Gasteiger partial charge in [0, 0.05) is 32.9 Å². The van der Waals surface area contributed by atoms with Crippen molar-refractivity contribution in [1.82, 2.24) is 4.90 Å². The third kappa shape index (κ3) is 12.9. The van der Waals surface area contributed by atoms with Crippen LogP contribution in [0.5, 0.6) is 0 Å². The fourth-order valence-corrected chi connectivity index (χ4v) is 12.1. The summed E-state index contributed by atoms with van der Waals surface area (Å²) >= 11 is 0. The summed E-state index contributed by atoms with van der Waals surface area (Å²) in [6.07, 6.45) is -13.2. The molecule has 332 valence electrons. The Labute approximate surface area is 373 Å². The molecule has 0 bridgehead atoms. The summed E-state index contributed by atoms with van der Waals surface area (Å²) in [4.78, 5) is 3.00. The number of fused-ring (bicyclic) bond motifs is 2. The highest BCUT2D eigenvalue weighted by molar-refractivity contribution is 8.76. The van der Waals surface area contributed by atoms with Crippen molar-refractivity contribution in [3.05, 3.63) is 144 Å². The van der Waals surface area contributed by atoms with Gasteiger partial charge in [-0.25, -0.2) is 8.37 Å². The van der Waals surface area contributed by atoms with Gasteiger partial charge in [0.2, 0.25) is 0 Å². The SMILES string of the molecule is CSSc1ccc(C(OS(=O)(=O)c2cccc3c(C)cccc23)C(F)(F)F)cc1.Cc1cccc2c(S(=O)(=O)OC(c3ccc(SSCCN(C)C)cc3)C(F)(F)F)cccc12. The van der Waals surface area contributed by atoms with E-state index in [9.17, 15) is 43.2 Å². The predicted molar refractivity (Wildman–Crippen MR) is 241 cm³/mol. The number of nitrogens with zero attached hydrogens (tertiary/aromatic N) is 1. The molecule has 6 rings (SSSR count). The molecule has 0 saturated carbocycles. The summed E-state index contributed by atoms with van der Waals surface area (Å²) in [6, 6.07) is 30.0. The lowest BCUT2D eigenvalue weighted by molar-refractivity contribution is -0.197. The molecule has 2 unspecified atom stereocenters. The molecule has 0 aliphatic heterocycles. The molecule has 0 saturated heterocycles. The molecule has 6 aromatic carbocycles. The van der Waals surface area contributed by atoms with Crippen LogP contribution in [0, 0.1) is 13.8 Å². The molecule has 0 aliphatic rings. The smallest absolute Gasteiger partial charge is 0.309 e. The van der Waals surface area contributed by atoms with E-state index >= 15 is 0 Å². The van der Waals surface area contributed by atoms with Gasteiger partial charge in [0.05, 0.1) is 0 Å².